The second kappa shape index (κ2) is 4.38. The summed E-state index contributed by atoms with van der Waals surface area (Å²) < 4.78 is 0. The number of amides is 1. The molecule has 15 heavy (non-hydrogen) atoms. The van der Waals surface area contributed by atoms with Gasteiger partial charge in [-0.25, -0.2) is 4.79 Å². The average Bonchev–Trinajstić information content (AvgIpc) is 2.20. The van der Waals surface area contributed by atoms with Crippen molar-refractivity contribution in [2.75, 3.05) is 4.90 Å². The molecule has 0 saturated heterocycles. The van der Waals surface area contributed by atoms with Crippen LogP contribution in [-0.4, -0.2) is 22.3 Å². The Kier molecular flexibility index (Phi) is 3.19. The summed E-state index contributed by atoms with van der Waals surface area (Å²) in [6.07, 6.45) is 3.97. The van der Waals surface area contributed by atoms with Crippen molar-refractivity contribution < 1.29 is 15.0 Å². The highest BCUT2D eigenvalue weighted by Crippen LogP contribution is 2.27. The minimum Gasteiger partial charge on any atom is -0.506 e. The molecule has 78 valence electrons. The third-order valence-corrected chi connectivity index (χ3v) is 1.98. The van der Waals surface area contributed by atoms with Crippen LogP contribution in [0.1, 0.15) is 6.92 Å². The third-order valence-electron chi connectivity index (χ3n) is 1.98. The molecule has 1 amide bonds. The predicted molar refractivity (Wildman–Crippen MR) is 56.9 cm³/mol. The zero-order valence-corrected chi connectivity index (χ0v) is 8.21. The first-order chi connectivity index (χ1) is 7.07. The van der Waals surface area contributed by atoms with E-state index in [4.69, 9.17) is 11.5 Å². The van der Waals surface area contributed by atoms with Crippen LogP contribution < -0.4 is 4.90 Å². The molecule has 4 nitrogen and oxygen atoms in total. The molecule has 0 heterocycles. The number of nitrogens with zero attached hydrogens (tertiary/aromatic N) is 1. The van der Waals surface area contributed by atoms with E-state index in [0.29, 0.717) is 0 Å². The molecule has 1 aromatic rings. The van der Waals surface area contributed by atoms with Gasteiger partial charge in [0.25, 0.3) is 0 Å². The SMILES string of the molecule is C#C[C@@H](C)N(C(=O)O)c1ccccc1O. The Balaban J connectivity index is 3.17. The lowest BCUT2D eigenvalue weighted by Crippen LogP contribution is -2.36. The van der Waals surface area contributed by atoms with Crippen molar-refractivity contribution in [3.05, 3.63) is 24.3 Å². The maximum absolute atomic E-state index is 11.0. The van der Waals surface area contributed by atoms with E-state index in [1.54, 1.807) is 19.1 Å². The molecule has 0 bridgehead atoms. The highest BCUT2D eigenvalue weighted by molar-refractivity contribution is 5.89. The fraction of sp³-hybridized carbons (Fsp3) is 0.182. The molecule has 0 radical (unpaired) electrons. The van der Waals surface area contributed by atoms with E-state index in [9.17, 15) is 9.90 Å². The fourth-order valence-corrected chi connectivity index (χ4v) is 1.22. The summed E-state index contributed by atoms with van der Waals surface area (Å²) in [5.74, 6) is 2.20. The zero-order chi connectivity index (χ0) is 11.4. The number of hydrogen-bond acceptors (Lipinski definition) is 2. The number of benzene rings is 1. The third kappa shape index (κ3) is 2.20. The van der Waals surface area contributed by atoms with E-state index in [1.807, 2.05) is 0 Å². The van der Waals surface area contributed by atoms with Crippen molar-refractivity contribution in [3.8, 4) is 18.1 Å². The van der Waals surface area contributed by atoms with Gasteiger partial charge in [-0.15, -0.1) is 6.42 Å². The van der Waals surface area contributed by atoms with E-state index in [-0.39, 0.29) is 11.4 Å². The van der Waals surface area contributed by atoms with E-state index >= 15 is 0 Å². The Hall–Kier alpha value is -2.15. The number of rotatable bonds is 2. The Labute approximate surface area is 87.8 Å². The molecule has 0 aliphatic rings. The van der Waals surface area contributed by atoms with Crippen molar-refractivity contribution in [1.29, 1.82) is 0 Å². The van der Waals surface area contributed by atoms with Crippen LogP contribution in [0, 0.1) is 12.3 Å². The molecule has 0 aliphatic heterocycles. The number of carboxylic acid groups (broad SMARTS) is 1. The van der Waals surface area contributed by atoms with Gasteiger partial charge in [-0.1, -0.05) is 18.1 Å². The van der Waals surface area contributed by atoms with Crippen LogP contribution in [0.25, 0.3) is 0 Å². The molecule has 1 atom stereocenters. The first kappa shape index (κ1) is 10.9. The molecule has 2 N–H and O–H groups in total. The largest absolute Gasteiger partial charge is 0.506 e. The Morgan fingerprint density at radius 1 is 1.53 bits per heavy atom. The lowest BCUT2D eigenvalue weighted by atomic mass is 10.2. The summed E-state index contributed by atoms with van der Waals surface area (Å²) in [5.41, 5.74) is 0.190. The molecule has 1 aromatic carbocycles. The van der Waals surface area contributed by atoms with E-state index < -0.39 is 12.1 Å². The van der Waals surface area contributed by atoms with Gasteiger partial charge in [-0.3, -0.25) is 4.90 Å². The van der Waals surface area contributed by atoms with Gasteiger partial charge in [0.15, 0.2) is 0 Å². The van der Waals surface area contributed by atoms with Gasteiger partial charge in [0.1, 0.15) is 5.75 Å². The molecule has 0 fully saturated rings. The maximum Gasteiger partial charge on any atom is 0.413 e. The molecule has 0 aliphatic carbocycles. The van der Waals surface area contributed by atoms with Crippen LogP contribution in [0.15, 0.2) is 24.3 Å². The first-order valence-electron chi connectivity index (χ1n) is 4.34. The Morgan fingerprint density at radius 3 is 2.60 bits per heavy atom. The van der Waals surface area contributed by atoms with Crippen molar-refractivity contribution in [2.24, 2.45) is 0 Å². The number of hydrogen-bond donors (Lipinski definition) is 2. The number of terminal acetylenes is 1. The monoisotopic (exact) mass is 205 g/mol. The van der Waals surface area contributed by atoms with Crippen LogP contribution in [0.2, 0.25) is 0 Å². The molecule has 0 saturated carbocycles. The van der Waals surface area contributed by atoms with Gasteiger partial charge in [0.2, 0.25) is 0 Å². The highest BCUT2D eigenvalue weighted by atomic mass is 16.4. The van der Waals surface area contributed by atoms with E-state index in [2.05, 4.69) is 5.92 Å². The van der Waals surface area contributed by atoms with Gasteiger partial charge in [0.05, 0.1) is 11.7 Å². The van der Waals surface area contributed by atoms with Crippen molar-refractivity contribution in [2.45, 2.75) is 13.0 Å². The summed E-state index contributed by atoms with van der Waals surface area (Å²) in [7, 11) is 0. The fourth-order valence-electron chi connectivity index (χ4n) is 1.22. The molecular weight excluding hydrogens is 194 g/mol. The first-order valence-corrected chi connectivity index (χ1v) is 4.34. The summed E-state index contributed by atoms with van der Waals surface area (Å²) in [6, 6.07) is 5.52. The minimum atomic E-state index is -1.19. The second-order valence-electron chi connectivity index (χ2n) is 2.98. The van der Waals surface area contributed by atoms with Gasteiger partial charge in [-0.2, -0.15) is 0 Å². The van der Waals surface area contributed by atoms with Crippen LogP contribution >= 0.6 is 0 Å². The van der Waals surface area contributed by atoms with Crippen molar-refractivity contribution in [3.63, 3.8) is 0 Å². The van der Waals surface area contributed by atoms with Crippen molar-refractivity contribution in [1.82, 2.24) is 0 Å². The highest BCUT2D eigenvalue weighted by Gasteiger charge is 2.21. The van der Waals surface area contributed by atoms with Crippen LogP contribution in [0.3, 0.4) is 0 Å². The molecule has 0 aromatic heterocycles. The number of aromatic hydroxyl groups is 1. The number of phenolic OH excluding ortho intramolecular Hbond substituents is 1. The molecule has 1 rings (SSSR count). The lowest BCUT2D eigenvalue weighted by molar-refractivity contribution is 0.200. The van der Waals surface area contributed by atoms with Crippen LogP contribution in [-0.2, 0) is 0 Å². The standard InChI is InChI=1S/C11H11NO3/c1-3-8(2)12(11(14)15)9-6-4-5-7-10(9)13/h1,4-8,13H,2H3,(H,14,15)/t8-/m1/s1. The van der Waals surface area contributed by atoms with E-state index in [1.165, 1.54) is 12.1 Å². The van der Waals surface area contributed by atoms with Gasteiger partial charge >= 0.3 is 6.09 Å². The number of carbonyl (C=O) groups is 1. The van der Waals surface area contributed by atoms with E-state index in [0.717, 1.165) is 4.90 Å². The number of anilines is 1. The van der Waals surface area contributed by atoms with Gasteiger partial charge < -0.3 is 10.2 Å². The summed E-state index contributed by atoms with van der Waals surface area (Å²) >= 11 is 0. The Bertz CT molecular complexity index is 409. The van der Waals surface area contributed by atoms with Gasteiger partial charge in [-0.05, 0) is 19.1 Å². The molecular formula is C11H11NO3. The molecule has 0 unspecified atom stereocenters. The minimum absolute atomic E-state index is 0.109. The number of para-hydroxylation sites is 2. The quantitative estimate of drug-likeness (QED) is 0.725. The predicted octanol–water partition coefficient (Wildman–Crippen LogP) is 1.90. The van der Waals surface area contributed by atoms with Crippen molar-refractivity contribution >= 4 is 11.8 Å². The zero-order valence-electron chi connectivity index (χ0n) is 8.21. The number of phenols is 1. The topological polar surface area (TPSA) is 60.8 Å². The normalized spacial score (nSPS) is 11.5. The summed E-state index contributed by atoms with van der Waals surface area (Å²) in [6.45, 7) is 1.57. The van der Waals surface area contributed by atoms with Crippen LogP contribution in [0.4, 0.5) is 10.5 Å². The lowest BCUT2D eigenvalue weighted by Gasteiger charge is -2.23. The average molecular weight is 205 g/mol. The molecule has 0 spiro atoms. The maximum atomic E-state index is 11.0. The summed E-state index contributed by atoms with van der Waals surface area (Å²) in [4.78, 5) is 11.9. The van der Waals surface area contributed by atoms with Crippen LogP contribution in [0.5, 0.6) is 5.75 Å². The second-order valence-corrected chi connectivity index (χ2v) is 2.98. The summed E-state index contributed by atoms with van der Waals surface area (Å²) in [5, 5.41) is 18.5. The smallest absolute Gasteiger partial charge is 0.413 e. The molecule has 4 heteroatoms. The Morgan fingerprint density at radius 2 is 2.13 bits per heavy atom. The van der Waals surface area contributed by atoms with Gasteiger partial charge in [0, 0.05) is 0 Å².